The first-order chi connectivity index (χ1) is 12.1. The van der Waals surface area contributed by atoms with Crippen LogP contribution in [0.5, 0.6) is 23.0 Å². The van der Waals surface area contributed by atoms with Crippen LogP contribution in [0, 0.1) is 0 Å². The van der Waals surface area contributed by atoms with E-state index >= 15 is 0 Å². The summed E-state index contributed by atoms with van der Waals surface area (Å²) in [6.45, 7) is 0. The summed E-state index contributed by atoms with van der Waals surface area (Å²) >= 11 is 0. The average molecular weight is 336 g/mol. The Bertz CT molecular complexity index is 793. The highest BCUT2D eigenvalue weighted by molar-refractivity contribution is 5.51. The molecular formula is C21H20O4. The highest BCUT2D eigenvalue weighted by Crippen LogP contribution is 2.37. The van der Waals surface area contributed by atoms with Crippen LogP contribution in [0.4, 0.5) is 0 Å². The Hall–Kier alpha value is -3.14. The monoisotopic (exact) mass is 336 g/mol. The first kappa shape index (κ1) is 16.7. The number of benzene rings is 3. The lowest BCUT2D eigenvalue weighted by Gasteiger charge is -2.20. The molecule has 4 nitrogen and oxygen atoms in total. The lowest BCUT2D eigenvalue weighted by Crippen LogP contribution is -2.04. The van der Waals surface area contributed by atoms with Crippen LogP contribution in [-0.4, -0.2) is 24.4 Å². The van der Waals surface area contributed by atoms with Gasteiger partial charge in [0.1, 0.15) is 11.5 Å². The van der Waals surface area contributed by atoms with E-state index in [0.29, 0.717) is 11.5 Å². The van der Waals surface area contributed by atoms with Gasteiger partial charge in [0.05, 0.1) is 14.2 Å². The van der Waals surface area contributed by atoms with Crippen molar-refractivity contribution in [2.75, 3.05) is 14.2 Å². The van der Waals surface area contributed by atoms with E-state index in [9.17, 15) is 10.2 Å². The van der Waals surface area contributed by atoms with Gasteiger partial charge < -0.3 is 19.7 Å². The Labute approximate surface area is 146 Å². The SMILES string of the molecule is COc1ccc(C(c2ccc(O)cc2)c2ccc(O)cc2)cc1OC. The van der Waals surface area contributed by atoms with Gasteiger partial charge in [-0.3, -0.25) is 0 Å². The molecule has 128 valence electrons. The summed E-state index contributed by atoms with van der Waals surface area (Å²) in [6, 6.07) is 20.1. The number of hydrogen-bond acceptors (Lipinski definition) is 4. The van der Waals surface area contributed by atoms with Crippen molar-refractivity contribution in [1.29, 1.82) is 0 Å². The van der Waals surface area contributed by atoms with Crippen molar-refractivity contribution in [3.63, 3.8) is 0 Å². The first-order valence-electron chi connectivity index (χ1n) is 7.92. The molecule has 0 unspecified atom stereocenters. The zero-order chi connectivity index (χ0) is 17.8. The molecule has 3 aromatic carbocycles. The Balaban J connectivity index is 2.13. The molecule has 2 N–H and O–H groups in total. The van der Waals surface area contributed by atoms with E-state index in [1.54, 1.807) is 38.5 Å². The molecule has 0 saturated carbocycles. The third-order valence-corrected chi connectivity index (χ3v) is 4.19. The van der Waals surface area contributed by atoms with Crippen molar-refractivity contribution in [1.82, 2.24) is 0 Å². The van der Waals surface area contributed by atoms with Crippen LogP contribution >= 0.6 is 0 Å². The molecule has 0 aliphatic heterocycles. The molecule has 0 aromatic heterocycles. The molecule has 25 heavy (non-hydrogen) atoms. The van der Waals surface area contributed by atoms with E-state index in [2.05, 4.69) is 0 Å². The van der Waals surface area contributed by atoms with Gasteiger partial charge in [0.2, 0.25) is 0 Å². The molecule has 0 aliphatic rings. The summed E-state index contributed by atoms with van der Waals surface area (Å²) in [5.74, 6) is 1.70. The fourth-order valence-corrected chi connectivity index (χ4v) is 2.94. The molecule has 0 saturated heterocycles. The van der Waals surface area contributed by atoms with Gasteiger partial charge in [-0.1, -0.05) is 30.3 Å². The van der Waals surface area contributed by atoms with Gasteiger partial charge >= 0.3 is 0 Å². The molecule has 0 aliphatic carbocycles. The van der Waals surface area contributed by atoms with Gasteiger partial charge in [0.25, 0.3) is 0 Å². The van der Waals surface area contributed by atoms with Crippen LogP contribution < -0.4 is 9.47 Å². The number of phenolic OH excluding ortho intramolecular Hbond substituents is 2. The zero-order valence-corrected chi connectivity index (χ0v) is 14.1. The van der Waals surface area contributed by atoms with Crippen molar-refractivity contribution >= 4 is 0 Å². The van der Waals surface area contributed by atoms with E-state index in [0.717, 1.165) is 16.7 Å². The number of phenols is 2. The lowest BCUT2D eigenvalue weighted by atomic mass is 9.85. The van der Waals surface area contributed by atoms with Crippen molar-refractivity contribution in [3.05, 3.63) is 83.4 Å². The quantitative estimate of drug-likeness (QED) is 0.682. The van der Waals surface area contributed by atoms with E-state index in [1.807, 2.05) is 42.5 Å². The van der Waals surface area contributed by atoms with Gasteiger partial charge in [-0.15, -0.1) is 0 Å². The van der Waals surface area contributed by atoms with Crippen LogP contribution in [0.25, 0.3) is 0 Å². The Morgan fingerprint density at radius 2 is 1.04 bits per heavy atom. The molecule has 0 bridgehead atoms. The highest BCUT2D eigenvalue weighted by Gasteiger charge is 2.19. The fraction of sp³-hybridized carbons (Fsp3) is 0.143. The number of rotatable bonds is 5. The molecular weight excluding hydrogens is 316 g/mol. The summed E-state index contributed by atoms with van der Waals surface area (Å²) in [5, 5.41) is 19.2. The van der Waals surface area contributed by atoms with E-state index in [1.165, 1.54) is 0 Å². The molecule has 0 radical (unpaired) electrons. The van der Waals surface area contributed by atoms with Gasteiger partial charge in [0.15, 0.2) is 11.5 Å². The Morgan fingerprint density at radius 1 is 0.600 bits per heavy atom. The molecule has 0 spiro atoms. The number of methoxy groups -OCH3 is 2. The number of aromatic hydroxyl groups is 2. The normalized spacial score (nSPS) is 10.7. The average Bonchev–Trinajstić information content (AvgIpc) is 2.65. The summed E-state index contributed by atoms with van der Waals surface area (Å²) in [5.41, 5.74) is 3.07. The predicted octanol–water partition coefficient (Wildman–Crippen LogP) is 4.30. The molecule has 4 heteroatoms. The molecule has 3 rings (SSSR count). The van der Waals surface area contributed by atoms with Crippen molar-refractivity contribution in [3.8, 4) is 23.0 Å². The number of hydrogen-bond donors (Lipinski definition) is 2. The maximum absolute atomic E-state index is 9.60. The predicted molar refractivity (Wildman–Crippen MR) is 96.7 cm³/mol. The van der Waals surface area contributed by atoms with E-state index in [-0.39, 0.29) is 17.4 Å². The molecule has 3 aromatic rings. The molecule has 0 fully saturated rings. The molecule has 0 atom stereocenters. The topological polar surface area (TPSA) is 58.9 Å². The van der Waals surface area contributed by atoms with Crippen molar-refractivity contribution in [2.45, 2.75) is 5.92 Å². The van der Waals surface area contributed by atoms with Gasteiger partial charge in [-0.2, -0.15) is 0 Å². The lowest BCUT2D eigenvalue weighted by molar-refractivity contribution is 0.354. The van der Waals surface area contributed by atoms with Crippen LogP contribution in [0.1, 0.15) is 22.6 Å². The first-order valence-corrected chi connectivity index (χ1v) is 7.92. The second-order valence-corrected chi connectivity index (χ2v) is 5.73. The maximum Gasteiger partial charge on any atom is 0.161 e. The standard InChI is InChI=1S/C21H20O4/c1-24-19-12-7-16(13-20(19)25-2)21(14-3-8-17(22)9-4-14)15-5-10-18(23)11-6-15/h3-13,21-23H,1-2H3. The van der Waals surface area contributed by atoms with E-state index < -0.39 is 0 Å². The van der Waals surface area contributed by atoms with Gasteiger partial charge in [-0.05, 0) is 53.1 Å². The minimum atomic E-state index is -0.0685. The summed E-state index contributed by atoms with van der Waals surface area (Å²) in [7, 11) is 3.21. The van der Waals surface area contributed by atoms with Gasteiger partial charge in [0, 0.05) is 5.92 Å². The molecule has 0 amide bonds. The number of ether oxygens (including phenoxy) is 2. The minimum absolute atomic E-state index is 0.0685. The Morgan fingerprint density at radius 3 is 1.48 bits per heavy atom. The van der Waals surface area contributed by atoms with Crippen LogP contribution in [0.2, 0.25) is 0 Å². The summed E-state index contributed by atoms with van der Waals surface area (Å²) in [4.78, 5) is 0. The van der Waals surface area contributed by atoms with Crippen molar-refractivity contribution in [2.24, 2.45) is 0 Å². The van der Waals surface area contributed by atoms with Crippen LogP contribution in [0.15, 0.2) is 66.7 Å². The summed E-state index contributed by atoms with van der Waals surface area (Å²) < 4.78 is 10.8. The van der Waals surface area contributed by atoms with Crippen LogP contribution in [-0.2, 0) is 0 Å². The third-order valence-electron chi connectivity index (χ3n) is 4.19. The smallest absolute Gasteiger partial charge is 0.161 e. The van der Waals surface area contributed by atoms with E-state index in [4.69, 9.17) is 9.47 Å². The highest BCUT2D eigenvalue weighted by atomic mass is 16.5. The minimum Gasteiger partial charge on any atom is -0.508 e. The second kappa shape index (κ2) is 7.18. The zero-order valence-electron chi connectivity index (χ0n) is 14.1. The fourth-order valence-electron chi connectivity index (χ4n) is 2.94. The van der Waals surface area contributed by atoms with Crippen LogP contribution in [0.3, 0.4) is 0 Å². The van der Waals surface area contributed by atoms with Crippen molar-refractivity contribution < 1.29 is 19.7 Å². The summed E-state index contributed by atoms with van der Waals surface area (Å²) in [6.07, 6.45) is 0. The largest absolute Gasteiger partial charge is 0.508 e. The second-order valence-electron chi connectivity index (χ2n) is 5.73. The van der Waals surface area contributed by atoms with Gasteiger partial charge in [-0.25, -0.2) is 0 Å². The molecule has 0 heterocycles. The maximum atomic E-state index is 9.60. The Kier molecular flexibility index (Phi) is 4.80. The third kappa shape index (κ3) is 3.53.